The summed E-state index contributed by atoms with van der Waals surface area (Å²) in [6.45, 7) is 11.3. The number of nitrogens with two attached hydrogens (primary N) is 1. The summed E-state index contributed by atoms with van der Waals surface area (Å²) < 4.78 is 0. The predicted molar refractivity (Wildman–Crippen MR) is 73.1 cm³/mol. The van der Waals surface area contributed by atoms with Gasteiger partial charge in [-0.2, -0.15) is 0 Å². The fourth-order valence-corrected chi connectivity index (χ4v) is 3.43. The molecule has 0 atom stereocenters. The number of hydrogen-bond acceptors (Lipinski definition) is 3. The van der Waals surface area contributed by atoms with Crippen molar-refractivity contribution in [1.82, 2.24) is 9.80 Å². The van der Waals surface area contributed by atoms with Gasteiger partial charge in [-0.1, -0.05) is 6.92 Å². The normalized spacial score (nSPS) is 25.8. The van der Waals surface area contributed by atoms with Gasteiger partial charge in [0.25, 0.3) is 0 Å². The Kier molecular flexibility index (Phi) is 4.11. The first-order valence-electron chi connectivity index (χ1n) is 7.34. The quantitative estimate of drug-likeness (QED) is 0.792. The third-order valence-corrected chi connectivity index (χ3v) is 4.78. The van der Waals surface area contributed by atoms with Crippen molar-refractivity contribution >= 4 is 0 Å². The van der Waals surface area contributed by atoms with Gasteiger partial charge in [0.05, 0.1) is 0 Å². The van der Waals surface area contributed by atoms with Crippen LogP contribution >= 0.6 is 0 Å². The van der Waals surface area contributed by atoms with E-state index in [-0.39, 0.29) is 0 Å². The fourth-order valence-electron chi connectivity index (χ4n) is 3.43. The Balaban J connectivity index is 2.01. The lowest BCUT2D eigenvalue weighted by Gasteiger charge is -2.49. The molecule has 1 aliphatic carbocycles. The van der Waals surface area contributed by atoms with Crippen LogP contribution in [0, 0.1) is 0 Å². The molecule has 0 aromatic heterocycles. The molecule has 2 aliphatic rings. The molecule has 0 radical (unpaired) electrons. The Hall–Kier alpha value is -0.120. The summed E-state index contributed by atoms with van der Waals surface area (Å²) in [6.07, 6.45) is 5.30. The van der Waals surface area contributed by atoms with E-state index in [9.17, 15) is 0 Å². The first-order chi connectivity index (χ1) is 8.13. The Labute approximate surface area is 106 Å². The Morgan fingerprint density at radius 1 is 1.29 bits per heavy atom. The minimum atomic E-state index is 0.307. The van der Waals surface area contributed by atoms with E-state index in [1.54, 1.807) is 0 Å². The Morgan fingerprint density at radius 2 is 1.88 bits per heavy atom. The number of nitrogens with zero attached hydrogens (tertiary/aromatic N) is 2. The van der Waals surface area contributed by atoms with Crippen molar-refractivity contribution in [2.45, 2.75) is 64.1 Å². The van der Waals surface area contributed by atoms with E-state index in [2.05, 4.69) is 30.6 Å². The van der Waals surface area contributed by atoms with Crippen molar-refractivity contribution in [2.75, 3.05) is 26.2 Å². The van der Waals surface area contributed by atoms with Crippen molar-refractivity contribution < 1.29 is 0 Å². The molecule has 3 heteroatoms. The van der Waals surface area contributed by atoms with E-state index in [4.69, 9.17) is 5.73 Å². The molecule has 3 nitrogen and oxygen atoms in total. The maximum absolute atomic E-state index is 6.14. The largest absolute Gasteiger partial charge is 0.329 e. The molecule has 0 unspecified atom stereocenters. The summed E-state index contributed by atoms with van der Waals surface area (Å²) >= 11 is 0. The van der Waals surface area contributed by atoms with Crippen LogP contribution in [-0.4, -0.2) is 53.6 Å². The maximum Gasteiger partial charge on any atom is 0.0358 e. The van der Waals surface area contributed by atoms with Crippen LogP contribution in [0.5, 0.6) is 0 Å². The molecule has 2 N–H and O–H groups in total. The van der Waals surface area contributed by atoms with Gasteiger partial charge in [0.15, 0.2) is 0 Å². The molecule has 100 valence electrons. The van der Waals surface area contributed by atoms with Crippen LogP contribution < -0.4 is 5.73 Å². The summed E-state index contributed by atoms with van der Waals surface area (Å²) in [7, 11) is 0. The molecule has 0 bridgehead atoms. The van der Waals surface area contributed by atoms with Gasteiger partial charge in [0.2, 0.25) is 0 Å². The molecule has 1 saturated heterocycles. The molecule has 0 aromatic carbocycles. The van der Waals surface area contributed by atoms with Crippen LogP contribution in [0.3, 0.4) is 0 Å². The molecule has 0 spiro atoms. The van der Waals surface area contributed by atoms with E-state index in [1.165, 1.54) is 45.3 Å². The van der Waals surface area contributed by atoms with Crippen LogP contribution in [0.1, 0.15) is 46.5 Å². The molecule has 0 aromatic rings. The van der Waals surface area contributed by atoms with Crippen LogP contribution in [0.25, 0.3) is 0 Å². The average molecular weight is 239 g/mol. The number of rotatable bonds is 5. The zero-order chi connectivity index (χ0) is 12.5. The number of likely N-dealkylation sites (N-methyl/N-ethyl adjacent to an activating group) is 1. The summed E-state index contributed by atoms with van der Waals surface area (Å²) in [5.74, 6) is 0. The summed E-state index contributed by atoms with van der Waals surface area (Å²) in [6, 6.07) is 1.52. The third kappa shape index (κ3) is 2.67. The van der Waals surface area contributed by atoms with Crippen molar-refractivity contribution in [3.05, 3.63) is 0 Å². The van der Waals surface area contributed by atoms with Crippen LogP contribution in [0.15, 0.2) is 0 Å². The van der Waals surface area contributed by atoms with Gasteiger partial charge in [-0.15, -0.1) is 0 Å². The van der Waals surface area contributed by atoms with E-state index < -0.39 is 0 Å². The second-order valence-electron chi connectivity index (χ2n) is 6.08. The van der Waals surface area contributed by atoms with E-state index in [0.717, 1.165) is 12.6 Å². The summed E-state index contributed by atoms with van der Waals surface area (Å²) in [5, 5.41) is 0. The zero-order valence-electron chi connectivity index (χ0n) is 11.8. The Morgan fingerprint density at radius 3 is 2.24 bits per heavy atom. The molecule has 2 rings (SSSR count). The lowest BCUT2D eigenvalue weighted by Crippen LogP contribution is -2.60. The van der Waals surface area contributed by atoms with Crippen molar-refractivity contribution in [3.63, 3.8) is 0 Å². The van der Waals surface area contributed by atoms with E-state index >= 15 is 0 Å². The van der Waals surface area contributed by atoms with Gasteiger partial charge in [0.1, 0.15) is 0 Å². The lowest BCUT2D eigenvalue weighted by molar-refractivity contribution is 0.0155. The van der Waals surface area contributed by atoms with Crippen molar-refractivity contribution in [1.29, 1.82) is 0 Å². The van der Waals surface area contributed by atoms with Crippen molar-refractivity contribution in [2.24, 2.45) is 5.73 Å². The van der Waals surface area contributed by atoms with Gasteiger partial charge < -0.3 is 10.6 Å². The molecular weight excluding hydrogens is 210 g/mol. The highest BCUT2D eigenvalue weighted by atomic mass is 15.3. The number of likely N-dealkylation sites (tertiary alicyclic amines) is 1. The molecule has 1 aliphatic heterocycles. The highest BCUT2D eigenvalue weighted by Gasteiger charge is 2.44. The van der Waals surface area contributed by atoms with Crippen LogP contribution in [-0.2, 0) is 0 Å². The van der Waals surface area contributed by atoms with Gasteiger partial charge in [-0.25, -0.2) is 0 Å². The topological polar surface area (TPSA) is 32.5 Å². The fraction of sp³-hybridized carbons (Fsp3) is 1.00. The zero-order valence-corrected chi connectivity index (χ0v) is 11.8. The molecule has 1 saturated carbocycles. The smallest absolute Gasteiger partial charge is 0.0358 e. The van der Waals surface area contributed by atoms with E-state index in [0.29, 0.717) is 11.6 Å². The first-order valence-corrected chi connectivity index (χ1v) is 7.34. The highest BCUT2D eigenvalue weighted by molar-refractivity contribution is 5.01. The number of hydrogen-bond donors (Lipinski definition) is 1. The second-order valence-corrected chi connectivity index (χ2v) is 6.08. The third-order valence-electron chi connectivity index (χ3n) is 4.78. The van der Waals surface area contributed by atoms with Gasteiger partial charge in [-0.3, -0.25) is 4.90 Å². The van der Waals surface area contributed by atoms with E-state index in [1.807, 2.05) is 0 Å². The van der Waals surface area contributed by atoms with Gasteiger partial charge >= 0.3 is 0 Å². The monoisotopic (exact) mass is 239 g/mol. The minimum absolute atomic E-state index is 0.307. The molecule has 2 fully saturated rings. The van der Waals surface area contributed by atoms with Crippen LogP contribution in [0.2, 0.25) is 0 Å². The maximum atomic E-state index is 6.14. The summed E-state index contributed by atoms with van der Waals surface area (Å²) in [4.78, 5) is 5.30. The van der Waals surface area contributed by atoms with Gasteiger partial charge in [-0.05, 0) is 46.1 Å². The highest BCUT2D eigenvalue weighted by Crippen LogP contribution is 2.37. The standard InChI is InChI=1S/C14H29N3/c1-4-17(13-5-6-13)14(11-15)7-9-16(10-8-14)12(2)3/h12-13H,4-11,15H2,1-3H3. The van der Waals surface area contributed by atoms with Crippen LogP contribution in [0.4, 0.5) is 0 Å². The Bertz CT molecular complexity index is 240. The first kappa shape index (κ1) is 13.3. The molecule has 17 heavy (non-hydrogen) atoms. The average Bonchev–Trinajstić information content (AvgIpc) is 3.15. The SMILES string of the molecule is CCN(C1CC1)C1(CN)CCN(C(C)C)CC1. The molecular formula is C14H29N3. The minimum Gasteiger partial charge on any atom is -0.329 e. The molecule has 0 amide bonds. The number of piperidine rings is 1. The van der Waals surface area contributed by atoms with Crippen molar-refractivity contribution in [3.8, 4) is 0 Å². The summed E-state index contributed by atoms with van der Waals surface area (Å²) in [5.41, 5.74) is 6.45. The van der Waals surface area contributed by atoms with Gasteiger partial charge in [0, 0.05) is 37.3 Å². The lowest BCUT2D eigenvalue weighted by atomic mass is 9.85. The second kappa shape index (κ2) is 5.25. The predicted octanol–water partition coefficient (Wildman–Crippen LogP) is 1.67. The molecule has 1 heterocycles.